The monoisotopic (exact) mass is 307 g/mol. The number of aliphatic carboxylic acids is 1. The van der Waals surface area contributed by atoms with Gasteiger partial charge in [-0.05, 0) is 24.1 Å². The molecule has 104 valence electrons. The smallest absolute Gasteiger partial charge is 0.316 e. The minimum Gasteiger partial charge on any atom is -0.480 e. The fraction of sp³-hybridized carbons (Fsp3) is 0.200. The Kier molecular flexibility index (Phi) is 5.44. The van der Waals surface area contributed by atoms with Crippen LogP contribution in [0.15, 0.2) is 48.5 Å². The highest BCUT2D eigenvalue weighted by Crippen LogP contribution is 2.21. The molecular weight excluding hydrogens is 294 g/mol. The van der Waals surface area contributed by atoms with E-state index in [0.29, 0.717) is 17.3 Å². The van der Waals surface area contributed by atoms with Crippen LogP contribution >= 0.6 is 23.4 Å². The van der Waals surface area contributed by atoms with Gasteiger partial charge in [0.05, 0.1) is 5.69 Å². The molecule has 0 spiro atoms. The SMILES string of the molecule is O=C(O)C(Cc1ccccc1)SCc1cccc(Cl)n1. The number of aromatic nitrogens is 1. The second-order valence-corrected chi connectivity index (χ2v) is 5.86. The van der Waals surface area contributed by atoms with Crippen LogP contribution in [0.2, 0.25) is 5.15 Å². The maximum absolute atomic E-state index is 11.3. The number of carbonyl (C=O) groups is 1. The summed E-state index contributed by atoms with van der Waals surface area (Å²) in [5.74, 6) is -0.273. The highest BCUT2D eigenvalue weighted by atomic mass is 35.5. The summed E-state index contributed by atoms with van der Waals surface area (Å²) in [6, 6.07) is 15.0. The van der Waals surface area contributed by atoms with Gasteiger partial charge in [-0.1, -0.05) is 48.0 Å². The number of hydrogen-bond donors (Lipinski definition) is 1. The fourth-order valence-electron chi connectivity index (χ4n) is 1.76. The second kappa shape index (κ2) is 7.31. The zero-order valence-corrected chi connectivity index (χ0v) is 12.3. The van der Waals surface area contributed by atoms with Gasteiger partial charge in [0, 0.05) is 5.75 Å². The molecule has 1 unspecified atom stereocenters. The molecule has 0 radical (unpaired) electrons. The summed E-state index contributed by atoms with van der Waals surface area (Å²) < 4.78 is 0. The van der Waals surface area contributed by atoms with Crippen molar-refractivity contribution >= 4 is 29.3 Å². The maximum atomic E-state index is 11.3. The summed E-state index contributed by atoms with van der Waals surface area (Å²) in [4.78, 5) is 15.5. The first-order valence-electron chi connectivity index (χ1n) is 6.15. The van der Waals surface area contributed by atoms with Crippen molar-refractivity contribution in [3.05, 3.63) is 64.9 Å². The number of nitrogens with zero attached hydrogens (tertiary/aromatic N) is 1. The lowest BCUT2D eigenvalue weighted by Gasteiger charge is -2.12. The molecule has 1 N–H and O–H groups in total. The van der Waals surface area contributed by atoms with E-state index in [1.165, 1.54) is 11.8 Å². The molecule has 20 heavy (non-hydrogen) atoms. The van der Waals surface area contributed by atoms with Crippen molar-refractivity contribution in [2.75, 3.05) is 0 Å². The average Bonchev–Trinajstić information content (AvgIpc) is 2.44. The van der Waals surface area contributed by atoms with Crippen LogP contribution in [0, 0.1) is 0 Å². The summed E-state index contributed by atoms with van der Waals surface area (Å²) in [6.07, 6.45) is 0.501. The van der Waals surface area contributed by atoms with Crippen LogP contribution in [0.5, 0.6) is 0 Å². The lowest BCUT2D eigenvalue weighted by atomic mass is 10.1. The van der Waals surface area contributed by atoms with Crippen LogP contribution in [-0.4, -0.2) is 21.3 Å². The van der Waals surface area contributed by atoms with E-state index in [2.05, 4.69) is 4.98 Å². The van der Waals surface area contributed by atoms with E-state index < -0.39 is 11.2 Å². The average molecular weight is 308 g/mol. The van der Waals surface area contributed by atoms with Gasteiger partial charge in [-0.3, -0.25) is 4.79 Å². The number of thioether (sulfide) groups is 1. The molecule has 5 heteroatoms. The Morgan fingerprint density at radius 1 is 1.20 bits per heavy atom. The normalized spacial score (nSPS) is 12.1. The van der Waals surface area contributed by atoms with Gasteiger partial charge >= 0.3 is 5.97 Å². The topological polar surface area (TPSA) is 50.2 Å². The zero-order chi connectivity index (χ0) is 14.4. The molecule has 1 aromatic carbocycles. The number of halogens is 1. The van der Waals surface area contributed by atoms with E-state index in [1.807, 2.05) is 42.5 Å². The van der Waals surface area contributed by atoms with Gasteiger partial charge in [0.2, 0.25) is 0 Å². The first-order valence-corrected chi connectivity index (χ1v) is 7.57. The van der Waals surface area contributed by atoms with Crippen LogP contribution in [0.3, 0.4) is 0 Å². The second-order valence-electron chi connectivity index (χ2n) is 4.28. The molecular formula is C15H14ClNO2S. The van der Waals surface area contributed by atoms with Crippen LogP contribution < -0.4 is 0 Å². The number of hydrogen-bond acceptors (Lipinski definition) is 3. The third-order valence-corrected chi connectivity index (χ3v) is 4.19. The summed E-state index contributed by atoms with van der Waals surface area (Å²) >= 11 is 7.18. The third kappa shape index (κ3) is 4.54. The highest BCUT2D eigenvalue weighted by Gasteiger charge is 2.18. The standard InChI is InChI=1S/C15H14ClNO2S/c16-14-8-4-7-12(17-14)10-20-13(15(18)19)9-11-5-2-1-3-6-11/h1-8,13H,9-10H2,(H,18,19). The Balaban J connectivity index is 1.98. The molecule has 0 saturated carbocycles. The van der Waals surface area contributed by atoms with Crippen LogP contribution in [0.1, 0.15) is 11.3 Å². The molecule has 0 bridgehead atoms. The van der Waals surface area contributed by atoms with Crippen molar-refractivity contribution < 1.29 is 9.90 Å². The molecule has 0 aliphatic heterocycles. The Hall–Kier alpha value is -1.52. The van der Waals surface area contributed by atoms with E-state index in [1.54, 1.807) is 6.07 Å². The van der Waals surface area contributed by atoms with Crippen molar-refractivity contribution in [1.82, 2.24) is 4.98 Å². The number of carboxylic acid groups (broad SMARTS) is 1. The number of pyridine rings is 1. The van der Waals surface area contributed by atoms with Gasteiger partial charge in [-0.15, -0.1) is 11.8 Å². The Morgan fingerprint density at radius 2 is 1.95 bits per heavy atom. The first-order chi connectivity index (χ1) is 9.65. The summed E-state index contributed by atoms with van der Waals surface area (Å²) in [6.45, 7) is 0. The lowest BCUT2D eigenvalue weighted by Crippen LogP contribution is -2.19. The van der Waals surface area contributed by atoms with Gasteiger partial charge < -0.3 is 5.11 Å². The van der Waals surface area contributed by atoms with Crippen LogP contribution in [0.4, 0.5) is 0 Å². The van der Waals surface area contributed by atoms with Gasteiger partial charge in [-0.2, -0.15) is 0 Å². The Labute approximate surface area is 127 Å². The molecule has 0 aliphatic rings. The van der Waals surface area contributed by atoms with Gasteiger partial charge in [0.1, 0.15) is 10.4 Å². The molecule has 0 saturated heterocycles. The largest absolute Gasteiger partial charge is 0.480 e. The molecule has 2 aromatic rings. The molecule has 1 aromatic heterocycles. The number of carboxylic acids is 1. The van der Waals surface area contributed by atoms with E-state index >= 15 is 0 Å². The van der Waals surface area contributed by atoms with Crippen LogP contribution in [-0.2, 0) is 17.0 Å². The lowest BCUT2D eigenvalue weighted by molar-refractivity contribution is -0.136. The van der Waals surface area contributed by atoms with Gasteiger partial charge in [0.25, 0.3) is 0 Å². The molecule has 0 amide bonds. The van der Waals surface area contributed by atoms with Crippen molar-refractivity contribution in [2.45, 2.75) is 17.4 Å². The van der Waals surface area contributed by atoms with Crippen LogP contribution in [0.25, 0.3) is 0 Å². The Bertz CT molecular complexity index is 577. The van der Waals surface area contributed by atoms with Crippen molar-refractivity contribution in [2.24, 2.45) is 0 Å². The molecule has 1 atom stereocenters. The number of benzene rings is 1. The number of rotatable bonds is 6. The molecule has 3 nitrogen and oxygen atoms in total. The first kappa shape index (κ1) is 14.9. The van der Waals surface area contributed by atoms with Gasteiger partial charge in [-0.25, -0.2) is 4.98 Å². The predicted molar refractivity (Wildman–Crippen MR) is 82.1 cm³/mol. The summed E-state index contributed by atoms with van der Waals surface area (Å²) in [5.41, 5.74) is 1.81. The van der Waals surface area contributed by atoms with E-state index in [0.717, 1.165) is 11.3 Å². The minimum absolute atomic E-state index is 0.429. The van der Waals surface area contributed by atoms with E-state index in [-0.39, 0.29) is 0 Å². The fourth-order valence-corrected chi connectivity index (χ4v) is 2.93. The summed E-state index contributed by atoms with van der Waals surface area (Å²) in [7, 11) is 0. The Morgan fingerprint density at radius 3 is 2.60 bits per heavy atom. The van der Waals surface area contributed by atoms with Crippen molar-refractivity contribution in [3.63, 3.8) is 0 Å². The van der Waals surface area contributed by atoms with Crippen molar-refractivity contribution in [3.8, 4) is 0 Å². The molecule has 0 fully saturated rings. The predicted octanol–water partition coefficient (Wildman–Crippen LogP) is 3.66. The quantitative estimate of drug-likeness (QED) is 0.827. The minimum atomic E-state index is -0.805. The van der Waals surface area contributed by atoms with E-state index in [9.17, 15) is 9.90 Å². The van der Waals surface area contributed by atoms with Gasteiger partial charge in [0.15, 0.2) is 0 Å². The molecule has 0 aliphatic carbocycles. The van der Waals surface area contributed by atoms with Crippen molar-refractivity contribution in [1.29, 1.82) is 0 Å². The zero-order valence-electron chi connectivity index (χ0n) is 10.7. The molecule has 2 rings (SSSR count). The highest BCUT2D eigenvalue weighted by molar-refractivity contribution is 7.99. The van der Waals surface area contributed by atoms with E-state index in [4.69, 9.17) is 11.6 Å². The molecule has 1 heterocycles. The third-order valence-electron chi connectivity index (χ3n) is 2.74. The summed E-state index contributed by atoms with van der Waals surface area (Å²) in [5, 5.41) is 9.24. The maximum Gasteiger partial charge on any atom is 0.316 e.